The fourth-order valence-corrected chi connectivity index (χ4v) is 4.06. The van der Waals surface area contributed by atoms with Gasteiger partial charge in [-0.15, -0.1) is 0 Å². The summed E-state index contributed by atoms with van der Waals surface area (Å²) >= 11 is 2.32. The van der Waals surface area contributed by atoms with E-state index in [9.17, 15) is 4.79 Å². The summed E-state index contributed by atoms with van der Waals surface area (Å²) < 4.78 is 3.41. The summed E-state index contributed by atoms with van der Waals surface area (Å²) in [4.78, 5) is 13.0. The van der Waals surface area contributed by atoms with Gasteiger partial charge in [0.05, 0.1) is 17.0 Å². The first kappa shape index (κ1) is 18.7. The van der Waals surface area contributed by atoms with Gasteiger partial charge in [-0.2, -0.15) is 10.1 Å². The van der Waals surface area contributed by atoms with Gasteiger partial charge in [-0.1, -0.05) is 24.3 Å². The predicted molar refractivity (Wildman–Crippen MR) is 123 cm³/mol. The normalized spacial score (nSPS) is 15.4. The van der Waals surface area contributed by atoms with Crippen molar-refractivity contribution in [1.82, 2.24) is 4.57 Å². The molecular weight excluding hydrogens is 461 g/mol. The van der Waals surface area contributed by atoms with Crippen LogP contribution in [0.15, 0.2) is 71.3 Å². The molecular formula is C23H20IN3O. The Balaban J connectivity index is 1.73. The highest BCUT2D eigenvalue weighted by Crippen LogP contribution is 2.28. The fourth-order valence-electron chi connectivity index (χ4n) is 3.53. The second kappa shape index (κ2) is 7.39. The van der Waals surface area contributed by atoms with E-state index in [0.717, 1.165) is 34.0 Å². The van der Waals surface area contributed by atoms with Gasteiger partial charge in [-0.3, -0.25) is 4.79 Å². The number of halogens is 1. The monoisotopic (exact) mass is 481 g/mol. The average Bonchev–Trinajstić information content (AvgIpc) is 3.12. The Morgan fingerprint density at radius 3 is 2.36 bits per heavy atom. The molecule has 0 N–H and O–H groups in total. The van der Waals surface area contributed by atoms with Gasteiger partial charge in [0.25, 0.3) is 5.91 Å². The van der Waals surface area contributed by atoms with Gasteiger partial charge < -0.3 is 4.57 Å². The summed E-state index contributed by atoms with van der Waals surface area (Å²) in [6, 6.07) is 20.0. The summed E-state index contributed by atoms with van der Waals surface area (Å²) in [7, 11) is 0. The van der Waals surface area contributed by atoms with Crippen LogP contribution in [0, 0.1) is 17.4 Å². The lowest BCUT2D eigenvalue weighted by Crippen LogP contribution is -2.21. The first-order valence-electron chi connectivity index (χ1n) is 9.07. The molecule has 1 aliphatic rings. The number of benzene rings is 2. The number of carbonyl (C=O) groups excluding carboxylic acids is 1. The number of rotatable bonds is 3. The fraction of sp³-hybridized carbons (Fsp3) is 0.130. The molecule has 0 unspecified atom stereocenters. The van der Waals surface area contributed by atoms with E-state index >= 15 is 0 Å². The molecule has 1 amide bonds. The van der Waals surface area contributed by atoms with Crippen LogP contribution in [0.1, 0.15) is 23.9 Å². The summed E-state index contributed by atoms with van der Waals surface area (Å²) in [5, 5.41) is 5.94. The van der Waals surface area contributed by atoms with Gasteiger partial charge >= 0.3 is 0 Å². The van der Waals surface area contributed by atoms with Crippen molar-refractivity contribution in [3.05, 3.63) is 86.8 Å². The van der Waals surface area contributed by atoms with Gasteiger partial charge in [0.2, 0.25) is 0 Å². The van der Waals surface area contributed by atoms with Crippen LogP contribution in [-0.2, 0) is 4.79 Å². The molecule has 0 fully saturated rings. The highest BCUT2D eigenvalue weighted by atomic mass is 127. The van der Waals surface area contributed by atoms with E-state index in [1.54, 1.807) is 0 Å². The molecule has 3 aromatic rings. The van der Waals surface area contributed by atoms with Crippen LogP contribution in [0.4, 0.5) is 5.69 Å². The molecule has 5 heteroatoms. The molecule has 28 heavy (non-hydrogen) atoms. The number of hydrogen-bond donors (Lipinski definition) is 0. The Labute approximate surface area is 178 Å². The zero-order chi connectivity index (χ0) is 19.8. The van der Waals surface area contributed by atoms with E-state index in [4.69, 9.17) is 0 Å². The molecule has 4 nitrogen and oxygen atoms in total. The summed E-state index contributed by atoms with van der Waals surface area (Å²) in [5.74, 6) is -0.0947. The molecule has 0 saturated heterocycles. The lowest BCUT2D eigenvalue weighted by molar-refractivity contribution is -0.114. The van der Waals surface area contributed by atoms with Gasteiger partial charge in [-0.05, 0) is 91.4 Å². The third kappa shape index (κ3) is 3.30. The Morgan fingerprint density at radius 2 is 1.64 bits per heavy atom. The van der Waals surface area contributed by atoms with Crippen LogP contribution in [0.25, 0.3) is 11.8 Å². The maximum atomic E-state index is 13.0. The van der Waals surface area contributed by atoms with E-state index in [0.29, 0.717) is 5.57 Å². The minimum atomic E-state index is -0.0947. The number of hydrazone groups is 1. The molecule has 140 valence electrons. The molecule has 0 saturated carbocycles. The van der Waals surface area contributed by atoms with Crippen LogP contribution >= 0.6 is 22.6 Å². The quantitative estimate of drug-likeness (QED) is 0.360. The van der Waals surface area contributed by atoms with E-state index < -0.39 is 0 Å². The molecule has 0 atom stereocenters. The Bertz CT molecular complexity index is 1130. The van der Waals surface area contributed by atoms with Crippen LogP contribution < -0.4 is 5.01 Å². The molecule has 1 aliphatic heterocycles. The number of aromatic nitrogens is 1. The van der Waals surface area contributed by atoms with Crippen molar-refractivity contribution < 1.29 is 4.79 Å². The van der Waals surface area contributed by atoms with E-state index in [1.807, 2.05) is 43.3 Å². The predicted octanol–water partition coefficient (Wildman–Crippen LogP) is 5.50. The first-order chi connectivity index (χ1) is 13.5. The summed E-state index contributed by atoms with van der Waals surface area (Å²) in [5.41, 5.74) is 6.53. The van der Waals surface area contributed by atoms with Crippen molar-refractivity contribution in [1.29, 1.82) is 0 Å². The average molecular weight is 481 g/mol. The van der Waals surface area contributed by atoms with Crippen LogP contribution in [0.5, 0.6) is 0 Å². The van der Waals surface area contributed by atoms with Crippen LogP contribution in [-0.4, -0.2) is 16.2 Å². The second-order valence-electron chi connectivity index (χ2n) is 6.84. The van der Waals surface area contributed by atoms with Crippen LogP contribution in [0.2, 0.25) is 0 Å². The minimum Gasteiger partial charge on any atom is -0.318 e. The van der Waals surface area contributed by atoms with Crippen molar-refractivity contribution >= 4 is 46.0 Å². The standard InChI is InChI=1S/C23H20IN3O/c1-15-12-18(17(3)26(15)21-11-7-8-19(24)14-21)13-22-16(2)25-27(23(22)28)20-9-5-4-6-10-20/h4-14H,1-3H3. The topological polar surface area (TPSA) is 37.6 Å². The number of hydrogen-bond acceptors (Lipinski definition) is 2. The molecule has 2 aromatic carbocycles. The van der Waals surface area contributed by atoms with E-state index in [2.05, 4.69) is 76.4 Å². The largest absolute Gasteiger partial charge is 0.318 e. The lowest BCUT2D eigenvalue weighted by atomic mass is 10.1. The van der Waals surface area contributed by atoms with Gasteiger partial charge in [0.15, 0.2) is 0 Å². The van der Waals surface area contributed by atoms with Gasteiger partial charge in [0.1, 0.15) is 0 Å². The third-order valence-corrected chi connectivity index (χ3v) is 5.57. The second-order valence-corrected chi connectivity index (χ2v) is 8.08. The number of amides is 1. The Kier molecular flexibility index (Phi) is 4.93. The van der Waals surface area contributed by atoms with E-state index in [-0.39, 0.29) is 5.91 Å². The Morgan fingerprint density at radius 1 is 0.929 bits per heavy atom. The van der Waals surface area contributed by atoms with Crippen molar-refractivity contribution in [3.63, 3.8) is 0 Å². The maximum absolute atomic E-state index is 13.0. The zero-order valence-electron chi connectivity index (χ0n) is 16.0. The van der Waals surface area contributed by atoms with Crippen molar-refractivity contribution in [2.75, 3.05) is 5.01 Å². The molecule has 0 spiro atoms. The SMILES string of the molecule is CC1=NN(c2ccccc2)C(=O)C1=Cc1cc(C)n(-c2cccc(I)c2)c1C. The number of anilines is 1. The lowest BCUT2D eigenvalue weighted by Gasteiger charge is -2.11. The van der Waals surface area contributed by atoms with E-state index in [1.165, 1.54) is 8.58 Å². The Hall–Kier alpha value is -2.67. The summed E-state index contributed by atoms with van der Waals surface area (Å²) in [6.07, 6.45) is 1.96. The first-order valence-corrected chi connectivity index (χ1v) is 10.2. The molecule has 0 bridgehead atoms. The number of nitrogens with zero attached hydrogens (tertiary/aromatic N) is 3. The molecule has 4 rings (SSSR count). The molecule has 2 heterocycles. The molecule has 0 aliphatic carbocycles. The van der Waals surface area contributed by atoms with Crippen molar-refractivity contribution in [2.24, 2.45) is 5.10 Å². The highest BCUT2D eigenvalue weighted by Gasteiger charge is 2.29. The minimum absolute atomic E-state index is 0.0947. The maximum Gasteiger partial charge on any atom is 0.280 e. The molecule has 1 aromatic heterocycles. The van der Waals surface area contributed by atoms with Crippen molar-refractivity contribution in [2.45, 2.75) is 20.8 Å². The zero-order valence-corrected chi connectivity index (χ0v) is 18.1. The van der Waals surface area contributed by atoms with Crippen molar-refractivity contribution in [3.8, 4) is 5.69 Å². The number of para-hydroxylation sites is 1. The van der Waals surface area contributed by atoms with Gasteiger partial charge in [-0.25, -0.2) is 0 Å². The summed E-state index contributed by atoms with van der Waals surface area (Å²) in [6.45, 7) is 6.05. The van der Waals surface area contributed by atoms with Gasteiger partial charge in [0, 0.05) is 20.6 Å². The smallest absolute Gasteiger partial charge is 0.280 e. The molecule has 0 radical (unpaired) electrons. The number of aryl methyl sites for hydroxylation is 1. The third-order valence-electron chi connectivity index (χ3n) is 4.90. The van der Waals surface area contributed by atoms with Crippen LogP contribution in [0.3, 0.4) is 0 Å². The number of carbonyl (C=O) groups is 1. The highest BCUT2D eigenvalue weighted by molar-refractivity contribution is 14.1.